The van der Waals surface area contributed by atoms with E-state index >= 15 is 0 Å². The molecule has 0 unspecified atom stereocenters. The predicted octanol–water partition coefficient (Wildman–Crippen LogP) is 3.34. The number of aryl methyl sites for hydroxylation is 1. The van der Waals surface area contributed by atoms with Crippen molar-refractivity contribution in [1.82, 2.24) is 0 Å². The molecule has 1 saturated heterocycles. The molecular formula is C24H34O6. The molecule has 1 aromatic carbocycles. The summed E-state index contributed by atoms with van der Waals surface area (Å²) in [7, 11) is 0. The second-order valence-electron chi connectivity index (χ2n) is 8.67. The number of rotatable bonds is 9. The number of carboxylic acids is 1. The Labute approximate surface area is 178 Å². The number of hydrogen-bond acceptors (Lipinski definition) is 5. The van der Waals surface area contributed by atoms with Crippen LogP contribution < -0.4 is 4.74 Å². The van der Waals surface area contributed by atoms with Gasteiger partial charge in [-0.3, -0.25) is 4.79 Å². The van der Waals surface area contributed by atoms with Gasteiger partial charge in [0.1, 0.15) is 18.5 Å². The van der Waals surface area contributed by atoms with Crippen LogP contribution in [0.5, 0.6) is 5.75 Å². The molecule has 1 aromatic rings. The first-order chi connectivity index (χ1) is 14.4. The highest BCUT2D eigenvalue weighted by Crippen LogP contribution is 2.42. The summed E-state index contributed by atoms with van der Waals surface area (Å²) in [4.78, 5) is 10.7. The van der Waals surface area contributed by atoms with Gasteiger partial charge in [-0.1, -0.05) is 30.4 Å². The number of aliphatic hydroxyl groups is 2. The molecule has 6 heteroatoms. The summed E-state index contributed by atoms with van der Waals surface area (Å²) in [6.45, 7) is 2.77. The highest BCUT2D eigenvalue weighted by atomic mass is 16.5. The smallest absolute Gasteiger partial charge is 0.303 e. The van der Waals surface area contributed by atoms with Crippen molar-refractivity contribution in [2.24, 2.45) is 17.8 Å². The highest BCUT2D eigenvalue weighted by Gasteiger charge is 2.43. The van der Waals surface area contributed by atoms with E-state index in [1.54, 1.807) is 6.08 Å². The maximum Gasteiger partial charge on any atom is 0.303 e. The first kappa shape index (κ1) is 22.8. The van der Waals surface area contributed by atoms with Gasteiger partial charge < -0.3 is 24.8 Å². The molecule has 0 radical (unpaired) electrons. The molecule has 0 amide bonds. The number of aliphatic carboxylic acids is 1. The lowest BCUT2D eigenvalue weighted by Crippen LogP contribution is -2.22. The summed E-state index contributed by atoms with van der Waals surface area (Å²) in [5.41, 5.74) is 1.02. The van der Waals surface area contributed by atoms with Gasteiger partial charge in [0, 0.05) is 25.4 Å². The second kappa shape index (κ2) is 10.9. The van der Waals surface area contributed by atoms with Gasteiger partial charge >= 0.3 is 5.97 Å². The monoisotopic (exact) mass is 418 g/mol. The summed E-state index contributed by atoms with van der Waals surface area (Å²) in [6.07, 6.45) is 6.75. The van der Waals surface area contributed by atoms with Gasteiger partial charge in [0.05, 0.1) is 12.2 Å². The second-order valence-corrected chi connectivity index (χ2v) is 8.67. The van der Waals surface area contributed by atoms with Crippen molar-refractivity contribution in [1.29, 1.82) is 0 Å². The largest absolute Gasteiger partial charge is 0.490 e. The van der Waals surface area contributed by atoms with Gasteiger partial charge in [0.25, 0.3) is 0 Å². The fourth-order valence-corrected chi connectivity index (χ4v) is 4.69. The molecule has 166 valence electrons. The zero-order valence-corrected chi connectivity index (χ0v) is 17.7. The van der Waals surface area contributed by atoms with E-state index in [0.29, 0.717) is 25.4 Å². The number of carboxylic acid groups (broad SMARTS) is 1. The Balaban J connectivity index is 1.50. The van der Waals surface area contributed by atoms with Crippen LogP contribution >= 0.6 is 0 Å². The van der Waals surface area contributed by atoms with Crippen LogP contribution in [0.4, 0.5) is 0 Å². The van der Waals surface area contributed by atoms with E-state index in [9.17, 15) is 15.0 Å². The van der Waals surface area contributed by atoms with Gasteiger partial charge in [0.15, 0.2) is 0 Å². The molecule has 0 bridgehead atoms. The highest BCUT2D eigenvalue weighted by molar-refractivity contribution is 5.66. The van der Waals surface area contributed by atoms with E-state index in [0.717, 1.165) is 30.6 Å². The van der Waals surface area contributed by atoms with Crippen LogP contribution in [0.1, 0.15) is 44.1 Å². The van der Waals surface area contributed by atoms with Crippen molar-refractivity contribution in [2.75, 3.05) is 13.2 Å². The molecule has 6 nitrogen and oxygen atoms in total. The fraction of sp³-hybridized carbons (Fsp3) is 0.625. The van der Waals surface area contributed by atoms with Crippen LogP contribution in [0.3, 0.4) is 0 Å². The standard InChI is InChI=1S/C24H34O6/c1-16-5-2-3-7-22(16)30-15-18(25)10-12-19-20-11-9-17(6-4-8-24(27)28)14-29-23(20)13-21(19)26/h2-3,5,7,10,12,17-21,23,25-26H,4,6,8-9,11,13-15H2,1H3,(H,27,28)/t17-,18+,19+,20+,21+,23-/m0/s1. The lowest BCUT2D eigenvalue weighted by atomic mass is 9.86. The normalized spacial score (nSPS) is 30.0. The van der Waals surface area contributed by atoms with Crippen molar-refractivity contribution < 1.29 is 29.6 Å². The molecule has 1 saturated carbocycles. The predicted molar refractivity (Wildman–Crippen MR) is 113 cm³/mol. The van der Waals surface area contributed by atoms with Crippen LogP contribution in [0.2, 0.25) is 0 Å². The molecule has 6 atom stereocenters. The van der Waals surface area contributed by atoms with E-state index in [4.69, 9.17) is 14.6 Å². The minimum absolute atomic E-state index is 0.0273. The van der Waals surface area contributed by atoms with Crippen LogP contribution in [0.25, 0.3) is 0 Å². The van der Waals surface area contributed by atoms with Gasteiger partial charge in [-0.25, -0.2) is 0 Å². The number of fused-ring (bicyclic) bond motifs is 1. The third-order valence-electron chi connectivity index (χ3n) is 6.41. The van der Waals surface area contributed by atoms with E-state index in [-0.39, 0.29) is 31.0 Å². The molecule has 1 heterocycles. The van der Waals surface area contributed by atoms with Crippen molar-refractivity contribution in [3.8, 4) is 5.75 Å². The SMILES string of the molecule is Cc1ccccc1OC[C@H](O)C=C[C@@H]1[C@H]2CC[C@H](CCCC(=O)O)CO[C@H]2C[C@H]1O. The van der Waals surface area contributed by atoms with Gasteiger partial charge in [0.2, 0.25) is 0 Å². The Hall–Kier alpha value is -1.89. The molecule has 3 rings (SSSR count). The first-order valence-electron chi connectivity index (χ1n) is 11.0. The number of para-hydroxylation sites is 1. The summed E-state index contributed by atoms with van der Waals surface area (Å²) in [6, 6.07) is 7.70. The molecule has 2 aliphatic rings. The van der Waals surface area contributed by atoms with Crippen LogP contribution in [-0.2, 0) is 9.53 Å². The number of benzene rings is 1. The third-order valence-corrected chi connectivity index (χ3v) is 6.41. The Morgan fingerprint density at radius 1 is 1.33 bits per heavy atom. The van der Waals surface area contributed by atoms with E-state index in [1.807, 2.05) is 37.3 Å². The lowest BCUT2D eigenvalue weighted by Gasteiger charge is -2.21. The fourth-order valence-electron chi connectivity index (χ4n) is 4.69. The minimum atomic E-state index is -0.750. The Morgan fingerprint density at radius 2 is 2.13 bits per heavy atom. The molecular weight excluding hydrogens is 384 g/mol. The average molecular weight is 419 g/mol. The number of hydrogen-bond donors (Lipinski definition) is 3. The van der Waals surface area contributed by atoms with Crippen LogP contribution in [0.15, 0.2) is 36.4 Å². The summed E-state index contributed by atoms with van der Waals surface area (Å²) in [5, 5.41) is 29.7. The molecule has 1 aliphatic heterocycles. The molecule has 0 spiro atoms. The maximum absolute atomic E-state index is 10.7. The van der Waals surface area contributed by atoms with Crippen molar-refractivity contribution in [2.45, 2.75) is 63.8 Å². The van der Waals surface area contributed by atoms with Crippen molar-refractivity contribution in [3.05, 3.63) is 42.0 Å². The molecule has 3 N–H and O–H groups in total. The van der Waals surface area contributed by atoms with E-state index in [1.165, 1.54) is 0 Å². The van der Waals surface area contributed by atoms with Crippen molar-refractivity contribution >= 4 is 5.97 Å². The number of aliphatic hydroxyl groups excluding tert-OH is 2. The topological polar surface area (TPSA) is 96.2 Å². The van der Waals surface area contributed by atoms with Gasteiger partial charge in [-0.15, -0.1) is 0 Å². The molecule has 2 fully saturated rings. The van der Waals surface area contributed by atoms with E-state index in [2.05, 4.69) is 0 Å². The number of carbonyl (C=O) groups is 1. The molecule has 1 aliphatic carbocycles. The molecule has 0 aromatic heterocycles. The zero-order chi connectivity index (χ0) is 21.5. The Morgan fingerprint density at radius 3 is 2.90 bits per heavy atom. The van der Waals surface area contributed by atoms with Crippen LogP contribution in [-0.4, -0.2) is 52.8 Å². The first-order valence-corrected chi connectivity index (χ1v) is 11.0. The van der Waals surface area contributed by atoms with Crippen LogP contribution in [0, 0.1) is 24.7 Å². The zero-order valence-electron chi connectivity index (χ0n) is 17.7. The summed E-state index contributed by atoms with van der Waals surface area (Å²) >= 11 is 0. The quantitative estimate of drug-likeness (QED) is 0.532. The minimum Gasteiger partial charge on any atom is -0.490 e. The van der Waals surface area contributed by atoms with Gasteiger partial charge in [-0.05, 0) is 56.1 Å². The Bertz CT molecular complexity index is 717. The molecule has 30 heavy (non-hydrogen) atoms. The Kier molecular flexibility index (Phi) is 8.31. The number of ether oxygens (including phenoxy) is 2. The average Bonchev–Trinajstić information content (AvgIpc) is 2.87. The summed E-state index contributed by atoms with van der Waals surface area (Å²) in [5.74, 6) is 0.577. The lowest BCUT2D eigenvalue weighted by molar-refractivity contribution is -0.137. The maximum atomic E-state index is 10.7. The third kappa shape index (κ3) is 6.30. The van der Waals surface area contributed by atoms with Gasteiger partial charge in [-0.2, -0.15) is 0 Å². The van der Waals surface area contributed by atoms with E-state index < -0.39 is 18.2 Å². The summed E-state index contributed by atoms with van der Waals surface area (Å²) < 4.78 is 11.8. The van der Waals surface area contributed by atoms with Crippen molar-refractivity contribution in [3.63, 3.8) is 0 Å².